The molecular formula is C14H12F3NO2S. The Kier molecular flexibility index (Phi) is 4.04. The van der Waals surface area contributed by atoms with Gasteiger partial charge in [-0.3, -0.25) is 4.98 Å². The quantitative estimate of drug-likeness (QED) is 0.870. The number of benzene rings is 1. The molecule has 7 heteroatoms. The van der Waals surface area contributed by atoms with Crippen LogP contribution in [0.4, 0.5) is 13.2 Å². The zero-order valence-electron chi connectivity index (χ0n) is 11.1. The van der Waals surface area contributed by atoms with Gasteiger partial charge in [-0.25, -0.2) is 8.42 Å². The van der Waals surface area contributed by atoms with E-state index in [1.54, 1.807) is 0 Å². The van der Waals surface area contributed by atoms with Crippen LogP contribution in [0.3, 0.4) is 0 Å². The summed E-state index contributed by atoms with van der Waals surface area (Å²) in [5.41, 5.74) is 0.165. The van der Waals surface area contributed by atoms with Gasteiger partial charge in [0, 0.05) is 11.8 Å². The van der Waals surface area contributed by atoms with Gasteiger partial charge in [0.1, 0.15) is 0 Å². The SMILES string of the molecule is CCS(=O)(=O)c1ccc(-c2ccc(C(F)(F)F)cc2)nc1. The second kappa shape index (κ2) is 5.48. The molecule has 0 unspecified atom stereocenters. The standard InChI is InChI=1S/C14H12F3NO2S/c1-2-21(19,20)12-7-8-13(18-9-12)10-3-5-11(6-4-10)14(15,16)17/h3-9H,2H2,1H3. The smallest absolute Gasteiger partial charge is 0.255 e. The number of alkyl halides is 3. The number of aromatic nitrogens is 1. The minimum Gasteiger partial charge on any atom is -0.255 e. The van der Waals surface area contributed by atoms with Crippen molar-refractivity contribution < 1.29 is 21.6 Å². The number of pyridine rings is 1. The van der Waals surface area contributed by atoms with Gasteiger partial charge in [0.05, 0.1) is 21.9 Å². The molecule has 3 nitrogen and oxygen atoms in total. The van der Waals surface area contributed by atoms with E-state index in [1.165, 1.54) is 37.4 Å². The number of rotatable bonds is 3. The molecule has 0 aliphatic carbocycles. The normalized spacial score (nSPS) is 12.4. The van der Waals surface area contributed by atoms with Crippen molar-refractivity contribution in [2.75, 3.05) is 5.75 Å². The van der Waals surface area contributed by atoms with Gasteiger partial charge in [-0.2, -0.15) is 13.2 Å². The number of hydrogen-bond donors (Lipinski definition) is 0. The summed E-state index contributed by atoms with van der Waals surface area (Å²) in [5.74, 6) is -0.0334. The first-order chi connectivity index (χ1) is 9.74. The van der Waals surface area contributed by atoms with Crippen LogP contribution >= 0.6 is 0 Å². The van der Waals surface area contributed by atoms with Crippen molar-refractivity contribution >= 4 is 9.84 Å². The summed E-state index contributed by atoms with van der Waals surface area (Å²) in [4.78, 5) is 4.09. The summed E-state index contributed by atoms with van der Waals surface area (Å²) in [6.45, 7) is 1.53. The lowest BCUT2D eigenvalue weighted by Crippen LogP contribution is -2.05. The molecule has 0 atom stereocenters. The molecular weight excluding hydrogens is 303 g/mol. The molecule has 1 aromatic carbocycles. The van der Waals surface area contributed by atoms with Gasteiger partial charge < -0.3 is 0 Å². The Morgan fingerprint density at radius 2 is 1.67 bits per heavy atom. The zero-order valence-corrected chi connectivity index (χ0v) is 11.9. The van der Waals surface area contributed by atoms with Crippen molar-refractivity contribution in [3.8, 4) is 11.3 Å². The van der Waals surface area contributed by atoms with Gasteiger partial charge in [-0.15, -0.1) is 0 Å². The summed E-state index contributed by atoms with van der Waals surface area (Å²) < 4.78 is 60.7. The van der Waals surface area contributed by atoms with E-state index in [0.717, 1.165) is 12.1 Å². The van der Waals surface area contributed by atoms with Crippen molar-refractivity contribution in [2.45, 2.75) is 18.0 Å². The van der Waals surface area contributed by atoms with E-state index in [2.05, 4.69) is 4.98 Å². The molecule has 2 aromatic rings. The first-order valence-electron chi connectivity index (χ1n) is 6.10. The van der Waals surface area contributed by atoms with Crippen LogP contribution in [-0.4, -0.2) is 19.2 Å². The molecule has 1 heterocycles. The van der Waals surface area contributed by atoms with Crippen LogP contribution < -0.4 is 0 Å². The largest absolute Gasteiger partial charge is 0.416 e. The van der Waals surface area contributed by atoms with Crippen molar-refractivity contribution in [1.29, 1.82) is 0 Å². The lowest BCUT2D eigenvalue weighted by Gasteiger charge is -2.08. The maximum atomic E-state index is 12.5. The van der Waals surface area contributed by atoms with Crippen LogP contribution in [0.25, 0.3) is 11.3 Å². The third-order valence-electron chi connectivity index (χ3n) is 2.98. The average Bonchev–Trinajstić information content (AvgIpc) is 2.47. The second-order valence-electron chi connectivity index (χ2n) is 4.36. The van der Waals surface area contributed by atoms with Crippen molar-refractivity contribution in [2.24, 2.45) is 0 Å². The predicted molar refractivity (Wildman–Crippen MR) is 72.4 cm³/mol. The average molecular weight is 315 g/mol. The summed E-state index contributed by atoms with van der Waals surface area (Å²) in [6, 6.07) is 7.42. The van der Waals surface area contributed by atoms with Gasteiger partial charge >= 0.3 is 6.18 Å². The Bertz CT molecular complexity index is 720. The number of nitrogens with zero attached hydrogens (tertiary/aromatic N) is 1. The molecule has 0 saturated heterocycles. The van der Waals surface area contributed by atoms with Crippen LogP contribution in [0.15, 0.2) is 47.5 Å². The fourth-order valence-corrected chi connectivity index (χ4v) is 2.55. The third-order valence-corrected chi connectivity index (χ3v) is 4.70. The topological polar surface area (TPSA) is 47.0 Å². The molecule has 112 valence electrons. The summed E-state index contributed by atoms with van der Waals surface area (Å²) in [6.07, 6.45) is -3.17. The Morgan fingerprint density at radius 3 is 2.10 bits per heavy atom. The van der Waals surface area contributed by atoms with Gasteiger partial charge in [0.15, 0.2) is 9.84 Å². The molecule has 0 amide bonds. The summed E-state index contributed by atoms with van der Waals surface area (Å²) in [5, 5.41) is 0. The number of sulfone groups is 1. The van der Waals surface area contributed by atoms with Crippen LogP contribution in [0, 0.1) is 0 Å². The fraction of sp³-hybridized carbons (Fsp3) is 0.214. The van der Waals surface area contributed by atoms with Gasteiger partial charge in [-0.05, 0) is 24.3 Å². The monoisotopic (exact) mass is 315 g/mol. The molecule has 21 heavy (non-hydrogen) atoms. The van der Waals surface area contributed by atoms with Crippen LogP contribution in [-0.2, 0) is 16.0 Å². The molecule has 0 fully saturated rings. The first kappa shape index (κ1) is 15.5. The van der Waals surface area contributed by atoms with Crippen molar-refractivity contribution in [3.63, 3.8) is 0 Å². The minimum atomic E-state index is -4.38. The number of hydrogen-bond acceptors (Lipinski definition) is 3. The molecule has 2 rings (SSSR count). The molecule has 0 saturated carbocycles. The maximum absolute atomic E-state index is 12.5. The highest BCUT2D eigenvalue weighted by atomic mass is 32.2. The molecule has 0 N–H and O–H groups in total. The highest BCUT2D eigenvalue weighted by Gasteiger charge is 2.30. The van der Waals surface area contributed by atoms with Crippen molar-refractivity contribution in [1.82, 2.24) is 4.98 Å². The lowest BCUT2D eigenvalue weighted by molar-refractivity contribution is -0.137. The van der Waals surface area contributed by atoms with Gasteiger partial charge in [-0.1, -0.05) is 19.1 Å². The van der Waals surface area contributed by atoms with Crippen LogP contribution in [0.1, 0.15) is 12.5 Å². The predicted octanol–water partition coefficient (Wildman–Crippen LogP) is 3.56. The Hall–Kier alpha value is -1.89. The molecule has 0 radical (unpaired) electrons. The van der Waals surface area contributed by atoms with E-state index in [9.17, 15) is 21.6 Å². The van der Waals surface area contributed by atoms with Crippen LogP contribution in [0.5, 0.6) is 0 Å². The third kappa shape index (κ3) is 3.41. The maximum Gasteiger partial charge on any atom is 0.416 e. The highest BCUT2D eigenvalue weighted by molar-refractivity contribution is 7.91. The van der Waals surface area contributed by atoms with E-state index in [-0.39, 0.29) is 10.6 Å². The van der Waals surface area contributed by atoms with Crippen LogP contribution in [0.2, 0.25) is 0 Å². The summed E-state index contributed by atoms with van der Waals surface area (Å²) >= 11 is 0. The van der Waals surface area contributed by atoms with E-state index in [1.807, 2.05) is 0 Å². The number of halogens is 3. The molecule has 1 aromatic heterocycles. The van der Waals surface area contributed by atoms with E-state index < -0.39 is 21.6 Å². The molecule has 0 aliphatic heterocycles. The summed E-state index contributed by atoms with van der Waals surface area (Å²) in [7, 11) is -3.33. The lowest BCUT2D eigenvalue weighted by atomic mass is 10.1. The Balaban J connectivity index is 2.31. The van der Waals surface area contributed by atoms with E-state index >= 15 is 0 Å². The first-order valence-corrected chi connectivity index (χ1v) is 7.75. The molecule has 0 aliphatic rings. The Morgan fingerprint density at radius 1 is 1.05 bits per heavy atom. The molecule has 0 bridgehead atoms. The van der Waals surface area contributed by atoms with E-state index in [4.69, 9.17) is 0 Å². The zero-order chi connectivity index (χ0) is 15.7. The fourth-order valence-electron chi connectivity index (χ4n) is 1.73. The van der Waals surface area contributed by atoms with Gasteiger partial charge in [0.25, 0.3) is 0 Å². The van der Waals surface area contributed by atoms with Gasteiger partial charge in [0.2, 0.25) is 0 Å². The Labute approximate surface area is 120 Å². The van der Waals surface area contributed by atoms with Crippen molar-refractivity contribution in [3.05, 3.63) is 48.2 Å². The highest BCUT2D eigenvalue weighted by Crippen LogP contribution is 2.30. The molecule has 0 spiro atoms. The minimum absolute atomic E-state index is 0.0334. The van der Waals surface area contributed by atoms with E-state index in [0.29, 0.717) is 11.3 Å². The second-order valence-corrected chi connectivity index (χ2v) is 6.64.